The fourth-order valence-electron chi connectivity index (χ4n) is 7.75. The fraction of sp³-hybridized carbons (Fsp3) is 0.0204. The van der Waals surface area contributed by atoms with E-state index < -0.39 is 0 Å². The molecule has 0 amide bonds. The van der Waals surface area contributed by atoms with Crippen LogP contribution in [0.3, 0.4) is 0 Å². The second-order valence-corrected chi connectivity index (χ2v) is 13.5. The van der Waals surface area contributed by atoms with Gasteiger partial charge in [0, 0.05) is 38.6 Å². The number of benzene rings is 8. The fourth-order valence-corrected chi connectivity index (χ4v) is 7.75. The second-order valence-electron chi connectivity index (χ2n) is 13.5. The molecule has 10 rings (SSSR count). The molecular formula is C49H34N2O2. The molecular weight excluding hydrogens is 649 g/mol. The average molecular weight is 683 g/mol. The average Bonchev–Trinajstić information content (AvgIpc) is 3.78. The van der Waals surface area contributed by atoms with Gasteiger partial charge in [-0.25, -0.2) is 0 Å². The molecule has 0 radical (unpaired) electrons. The highest BCUT2D eigenvalue weighted by atomic mass is 16.3. The number of para-hydroxylation sites is 3. The van der Waals surface area contributed by atoms with E-state index in [0.717, 1.165) is 72.4 Å². The number of rotatable bonds is 7. The quantitative estimate of drug-likeness (QED) is 0.182. The van der Waals surface area contributed by atoms with E-state index in [9.17, 15) is 5.11 Å². The largest absolute Gasteiger partial charge is 0.454 e. The van der Waals surface area contributed by atoms with Crippen LogP contribution in [0.4, 0.5) is 17.1 Å². The van der Waals surface area contributed by atoms with Crippen molar-refractivity contribution in [3.05, 3.63) is 194 Å². The Bertz CT molecular complexity index is 2900. The van der Waals surface area contributed by atoms with Crippen LogP contribution in [0, 0.1) is 0 Å². The number of anilines is 3. The Balaban J connectivity index is 1.08. The maximum Gasteiger partial charge on any atom is 0.159 e. The summed E-state index contributed by atoms with van der Waals surface area (Å²) in [5, 5.41) is 14.2. The molecule has 8 aromatic carbocycles. The summed E-state index contributed by atoms with van der Waals surface area (Å²) in [6.07, 6.45) is 0. The standard InChI is InChI=1S/C49H34N2O2/c52-32-33-17-24-40(25-18-33)51-45-14-6-4-11-41(45)44-31-37(23-30-46(44)51)36-21-28-39(29-22-36)50(38-26-19-35(20-27-38)34-9-2-1-3-10-34)47-15-8-13-43-42-12-5-7-16-48(42)53-49(43)47/h1-31,52H,32H2. The number of nitrogens with zero attached hydrogens (tertiary/aromatic N) is 2. The van der Waals surface area contributed by atoms with Crippen LogP contribution >= 0.6 is 0 Å². The van der Waals surface area contributed by atoms with Gasteiger partial charge in [-0.15, -0.1) is 0 Å². The first-order valence-electron chi connectivity index (χ1n) is 17.9. The SMILES string of the molecule is OCc1ccc(-n2c3ccccc3c3cc(-c4ccc(N(c5ccc(-c6ccccc6)cc5)c5cccc6c5oc5ccccc56)cc4)ccc32)cc1. The minimum atomic E-state index is 0.0312. The number of aliphatic hydroxyl groups is 1. The van der Waals surface area contributed by atoms with Crippen molar-refractivity contribution in [2.75, 3.05) is 4.90 Å². The molecule has 0 aliphatic rings. The molecule has 0 unspecified atom stereocenters. The topological polar surface area (TPSA) is 41.5 Å². The zero-order chi connectivity index (χ0) is 35.3. The first kappa shape index (κ1) is 30.9. The minimum absolute atomic E-state index is 0.0312. The van der Waals surface area contributed by atoms with Crippen LogP contribution in [0.25, 0.3) is 71.7 Å². The molecule has 53 heavy (non-hydrogen) atoms. The molecule has 2 aromatic heterocycles. The highest BCUT2D eigenvalue weighted by molar-refractivity contribution is 6.11. The van der Waals surface area contributed by atoms with Crippen molar-refractivity contribution in [3.63, 3.8) is 0 Å². The van der Waals surface area contributed by atoms with Crippen molar-refractivity contribution in [3.8, 4) is 27.9 Å². The highest BCUT2D eigenvalue weighted by Gasteiger charge is 2.20. The Labute approximate surface area is 307 Å². The van der Waals surface area contributed by atoms with E-state index in [0.29, 0.717) is 0 Å². The Morgan fingerprint density at radius 2 is 1.04 bits per heavy atom. The molecule has 0 fully saturated rings. The first-order chi connectivity index (χ1) is 26.2. The van der Waals surface area contributed by atoms with Crippen LogP contribution in [0.15, 0.2) is 192 Å². The van der Waals surface area contributed by atoms with Crippen molar-refractivity contribution in [2.45, 2.75) is 6.61 Å². The van der Waals surface area contributed by atoms with Crippen molar-refractivity contribution in [2.24, 2.45) is 0 Å². The van der Waals surface area contributed by atoms with Crippen molar-refractivity contribution in [1.29, 1.82) is 0 Å². The van der Waals surface area contributed by atoms with E-state index in [1.165, 1.54) is 21.9 Å². The summed E-state index contributed by atoms with van der Waals surface area (Å²) in [6.45, 7) is 0.0312. The predicted molar refractivity (Wildman–Crippen MR) is 220 cm³/mol. The summed E-state index contributed by atoms with van der Waals surface area (Å²) >= 11 is 0. The van der Waals surface area contributed by atoms with Gasteiger partial charge in [0.15, 0.2) is 5.58 Å². The lowest BCUT2D eigenvalue weighted by Crippen LogP contribution is -2.10. The van der Waals surface area contributed by atoms with Crippen molar-refractivity contribution >= 4 is 60.8 Å². The summed E-state index contributed by atoms with van der Waals surface area (Å²) < 4.78 is 8.86. The molecule has 0 bridgehead atoms. The Kier molecular flexibility index (Phi) is 7.41. The third-order valence-electron chi connectivity index (χ3n) is 10.4. The van der Waals surface area contributed by atoms with Gasteiger partial charge < -0.3 is 19.0 Å². The van der Waals surface area contributed by atoms with Gasteiger partial charge >= 0.3 is 0 Å². The molecule has 4 heteroatoms. The van der Waals surface area contributed by atoms with Crippen LogP contribution in [-0.4, -0.2) is 9.67 Å². The summed E-state index contributed by atoms with van der Waals surface area (Å²) in [5.41, 5.74) is 13.7. The molecule has 0 saturated carbocycles. The Morgan fingerprint density at radius 1 is 0.453 bits per heavy atom. The summed E-state index contributed by atoms with van der Waals surface area (Å²) in [5.74, 6) is 0. The van der Waals surface area contributed by atoms with Gasteiger partial charge in [0.1, 0.15) is 5.58 Å². The van der Waals surface area contributed by atoms with E-state index in [-0.39, 0.29) is 6.61 Å². The van der Waals surface area contributed by atoms with Gasteiger partial charge in [-0.1, -0.05) is 121 Å². The summed E-state index contributed by atoms with van der Waals surface area (Å²) in [6, 6.07) is 66.2. The number of hydrogen-bond donors (Lipinski definition) is 1. The van der Waals surface area contributed by atoms with Gasteiger partial charge in [-0.2, -0.15) is 0 Å². The summed E-state index contributed by atoms with van der Waals surface area (Å²) in [4.78, 5) is 2.29. The van der Waals surface area contributed by atoms with Crippen molar-refractivity contribution in [1.82, 2.24) is 4.57 Å². The number of aromatic nitrogens is 1. The molecule has 4 nitrogen and oxygen atoms in total. The molecule has 252 valence electrons. The Morgan fingerprint density at radius 3 is 1.77 bits per heavy atom. The van der Waals surface area contributed by atoms with E-state index in [1.54, 1.807) is 0 Å². The first-order valence-corrected chi connectivity index (χ1v) is 17.9. The number of aliphatic hydroxyl groups excluding tert-OH is 1. The zero-order valence-corrected chi connectivity index (χ0v) is 28.9. The predicted octanol–water partition coefficient (Wildman–Crippen LogP) is 13.0. The third kappa shape index (κ3) is 5.27. The van der Waals surface area contributed by atoms with Crippen molar-refractivity contribution < 1.29 is 9.52 Å². The molecule has 0 aliphatic heterocycles. The zero-order valence-electron chi connectivity index (χ0n) is 28.9. The molecule has 10 aromatic rings. The van der Waals surface area contributed by atoms with Crippen LogP contribution in [0.5, 0.6) is 0 Å². The summed E-state index contributed by atoms with van der Waals surface area (Å²) in [7, 11) is 0. The smallest absolute Gasteiger partial charge is 0.159 e. The Hall–Kier alpha value is -6.88. The third-order valence-corrected chi connectivity index (χ3v) is 10.4. The van der Waals surface area contributed by atoms with E-state index in [4.69, 9.17) is 4.42 Å². The minimum Gasteiger partial charge on any atom is -0.454 e. The molecule has 0 spiro atoms. The van der Waals surface area contributed by atoms with Crippen LogP contribution in [0.2, 0.25) is 0 Å². The van der Waals surface area contributed by atoms with Crippen LogP contribution in [-0.2, 0) is 6.61 Å². The van der Waals surface area contributed by atoms with Gasteiger partial charge in [0.25, 0.3) is 0 Å². The molecule has 0 aliphatic carbocycles. The second kappa shape index (κ2) is 12.7. The van der Waals surface area contributed by atoms with Gasteiger partial charge in [0.05, 0.1) is 23.3 Å². The van der Waals surface area contributed by atoms with Gasteiger partial charge in [0.2, 0.25) is 0 Å². The number of hydrogen-bond acceptors (Lipinski definition) is 3. The lowest BCUT2D eigenvalue weighted by molar-refractivity contribution is 0.282. The monoisotopic (exact) mass is 682 g/mol. The molecule has 2 heterocycles. The van der Waals surface area contributed by atoms with E-state index in [1.807, 2.05) is 30.3 Å². The normalized spacial score (nSPS) is 11.6. The number of furan rings is 1. The van der Waals surface area contributed by atoms with Gasteiger partial charge in [-0.3, -0.25) is 0 Å². The van der Waals surface area contributed by atoms with E-state index >= 15 is 0 Å². The lowest BCUT2D eigenvalue weighted by Gasteiger charge is -2.26. The van der Waals surface area contributed by atoms with Crippen LogP contribution < -0.4 is 4.90 Å². The van der Waals surface area contributed by atoms with Crippen LogP contribution in [0.1, 0.15) is 5.56 Å². The molecule has 0 atom stereocenters. The maximum absolute atomic E-state index is 9.61. The maximum atomic E-state index is 9.61. The molecule has 0 saturated heterocycles. The number of fused-ring (bicyclic) bond motifs is 6. The highest BCUT2D eigenvalue weighted by Crippen LogP contribution is 2.43. The van der Waals surface area contributed by atoms with E-state index in [2.05, 4.69) is 167 Å². The lowest BCUT2D eigenvalue weighted by atomic mass is 10.0. The van der Waals surface area contributed by atoms with Gasteiger partial charge in [-0.05, 0) is 94.5 Å². The molecule has 1 N–H and O–H groups in total.